The second-order valence-electron chi connectivity index (χ2n) is 13.8. The number of hydrogen-bond acceptors (Lipinski definition) is 3. The highest BCUT2D eigenvalue weighted by Crippen LogP contribution is 2.44. The van der Waals surface area contributed by atoms with Crippen molar-refractivity contribution in [3.8, 4) is 29.2 Å². The number of hydrogen-bond donors (Lipinski definition) is 1. The van der Waals surface area contributed by atoms with Crippen LogP contribution in [0.3, 0.4) is 0 Å². The summed E-state index contributed by atoms with van der Waals surface area (Å²) >= 11 is 0. The predicted molar refractivity (Wildman–Crippen MR) is 221 cm³/mol. The van der Waals surface area contributed by atoms with Gasteiger partial charge in [0, 0.05) is 43.7 Å². The van der Waals surface area contributed by atoms with E-state index in [2.05, 4.69) is 129 Å². The number of nitrogen functional groups attached to an aromatic ring is 1. The van der Waals surface area contributed by atoms with Gasteiger partial charge in [-0.25, -0.2) is 0 Å². The lowest BCUT2D eigenvalue weighted by atomic mass is 10.0. The minimum absolute atomic E-state index is 0.453. The zero-order valence-corrected chi connectivity index (χ0v) is 28.8. The Balaban J connectivity index is 1.28. The quantitative estimate of drug-likeness (QED) is 0.187. The Bertz CT molecular complexity index is 3470. The normalized spacial score (nSPS) is 11.7. The molecule has 0 saturated carbocycles. The first-order valence-corrected chi connectivity index (χ1v) is 17.9. The molecule has 0 spiro atoms. The Labute approximate surface area is 308 Å². The van der Waals surface area contributed by atoms with Gasteiger partial charge in [0.05, 0.1) is 55.6 Å². The third-order valence-corrected chi connectivity index (χ3v) is 11.0. The van der Waals surface area contributed by atoms with Gasteiger partial charge < -0.3 is 19.4 Å². The molecule has 0 aliphatic heterocycles. The lowest BCUT2D eigenvalue weighted by molar-refractivity contribution is 1.12. The molecule has 6 heteroatoms. The maximum atomic E-state index is 11.0. The van der Waals surface area contributed by atoms with Gasteiger partial charge in [-0.05, 0) is 71.4 Å². The summed E-state index contributed by atoms with van der Waals surface area (Å²) in [6.07, 6.45) is 0. The van der Waals surface area contributed by atoms with Crippen LogP contribution in [0.15, 0.2) is 158 Å². The van der Waals surface area contributed by atoms with Gasteiger partial charge in [-0.2, -0.15) is 10.5 Å². The van der Waals surface area contributed by atoms with E-state index >= 15 is 0 Å². The molecule has 0 aliphatic rings. The summed E-state index contributed by atoms with van der Waals surface area (Å²) in [7, 11) is 0. The molecule has 0 amide bonds. The summed E-state index contributed by atoms with van der Waals surface area (Å²) in [6, 6.07) is 58.9. The highest BCUT2D eigenvalue weighted by Gasteiger charge is 2.25. The summed E-state index contributed by atoms with van der Waals surface area (Å²) in [5.74, 6) is 0. The summed E-state index contributed by atoms with van der Waals surface area (Å²) in [5.41, 5.74) is 16.2. The van der Waals surface area contributed by atoms with Gasteiger partial charge >= 0.3 is 0 Å². The van der Waals surface area contributed by atoms with E-state index in [1.165, 1.54) is 0 Å². The Morgan fingerprint density at radius 3 is 1.63 bits per heavy atom. The summed E-state index contributed by atoms with van der Waals surface area (Å²) < 4.78 is 6.62. The van der Waals surface area contributed by atoms with E-state index in [0.717, 1.165) is 81.9 Å². The molecule has 3 aromatic heterocycles. The zero-order chi connectivity index (χ0) is 36.1. The minimum Gasteiger partial charge on any atom is -0.399 e. The molecule has 0 radical (unpaired) electrons. The number of benzene rings is 8. The number of aromatic nitrogens is 3. The van der Waals surface area contributed by atoms with Crippen LogP contribution < -0.4 is 5.73 Å². The first kappa shape index (κ1) is 29.9. The number of nitriles is 2. The number of fused-ring (bicyclic) bond motifs is 12. The van der Waals surface area contributed by atoms with Gasteiger partial charge in [0.2, 0.25) is 0 Å². The van der Waals surface area contributed by atoms with Crippen LogP contribution in [0.1, 0.15) is 11.1 Å². The van der Waals surface area contributed by atoms with Gasteiger partial charge in [-0.3, -0.25) is 0 Å². The van der Waals surface area contributed by atoms with Crippen molar-refractivity contribution >= 4 is 81.9 Å². The minimum atomic E-state index is 0.453. The van der Waals surface area contributed by atoms with E-state index in [-0.39, 0.29) is 0 Å². The average molecular weight is 689 g/mol. The molecule has 0 aliphatic carbocycles. The predicted octanol–water partition coefficient (Wildman–Crippen LogP) is 11.5. The van der Waals surface area contributed by atoms with Crippen LogP contribution in [0.2, 0.25) is 0 Å². The van der Waals surface area contributed by atoms with Crippen molar-refractivity contribution in [2.24, 2.45) is 0 Å². The van der Waals surface area contributed by atoms with Crippen molar-refractivity contribution < 1.29 is 0 Å². The van der Waals surface area contributed by atoms with Crippen LogP contribution in [0, 0.1) is 22.7 Å². The molecule has 6 nitrogen and oxygen atoms in total. The standard InChI is InChI=1S/C48H28N6/c49-27-30-25-45(31(28-50)24-44(30)53-42-23-19-32(51)26-39(42)46-34-13-5-4-10-29(34)18-22-43(46)53)54-41-17-9-7-15-36(41)38-21-20-37-35-14-6-8-16-40(35)52(47(37)48(38)54)33-11-2-1-3-12-33/h1-26H,51H2. The SMILES string of the molecule is N#Cc1cc(-n2c3ccccc3c3ccc4c5ccccc5n(-c5ccccc5)c4c32)c(C#N)cc1-n1c2ccc(N)cc2c2c3ccccc3ccc21. The molecule has 2 N–H and O–H groups in total. The topological polar surface area (TPSA) is 88.4 Å². The van der Waals surface area contributed by atoms with Crippen LogP contribution in [-0.4, -0.2) is 13.7 Å². The van der Waals surface area contributed by atoms with Crippen LogP contribution >= 0.6 is 0 Å². The second kappa shape index (κ2) is 11.1. The van der Waals surface area contributed by atoms with Crippen molar-refractivity contribution in [2.45, 2.75) is 0 Å². The summed E-state index contributed by atoms with van der Waals surface area (Å²) in [5, 5.41) is 30.7. The fraction of sp³-hybridized carbons (Fsp3) is 0. The van der Waals surface area contributed by atoms with Crippen molar-refractivity contribution in [3.63, 3.8) is 0 Å². The molecule has 0 unspecified atom stereocenters. The van der Waals surface area contributed by atoms with Gasteiger partial charge in [-0.15, -0.1) is 0 Å². The largest absolute Gasteiger partial charge is 0.399 e. The van der Waals surface area contributed by atoms with E-state index < -0.39 is 0 Å². The molecule has 3 heterocycles. The molecular formula is C48H28N6. The van der Waals surface area contributed by atoms with Crippen LogP contribution in [-0.2, 0) is 0 Å². The van der Waals surface area contributed by atoms with Crippen molar-refractivity contribution in [2.75, 3.05) is 5.73 Å². The molecule has 0 bridgehead atoms. The monoisotopic (exact) mass is 688 g/mol. The van der Waals surface area contributed by atoms with Crippen LogP contribution in [0.25, 0.3) is 93.3 Å². The van der Waals surface area contributed by atoms with Gasteiger partial charge in [0.1, 0.15) is 12.1 Å². The molecular weight excluding hydrogens is 661 g/mol. The molecule has 8 aromatic carbocycles. The van der Waals surface area contributed by atoms with Gasteiger partial charge in [-0.1, -0.05) is 97.1 Å². The molecule has 0 saturated heterocycles. The number of para-hydroxylation sites is 3. The molecule has 11 aromatic rings. The second-order valence-corrected chi connectivity index (χ2v) is 13.8. The van der Waals surface area contributed by atoms with Crippen LogP contribution in [0.5, 0.6) is 0 Å². The highest BCUT2D eigenvalue weighted by molar-refractivity contribution is 6.24. The summed E-state index contributed by atoms with van der Waals surface area (Å²) in [4.78, 5) is 0. The number of rotatable bonds is 3. The Kier molecular flexibility index (Phi) is 6.14. The molecule has 54 heavy (non-hydrogen) atoms. The van der Waals surface area contributed by atoms with Crippen molar-refractivity contribution in [1.29, 1.82) is 10.5 Å². The van der Waals surface area contributed by atoms with E-state index in [1.54, 1.807) is 0 Å². The number of anilines is 1. The lowest BCUT2D eigenvalue weighted by Crippen LogP contribution is -2.05. The Morgan fingerprint density at radius 2 is 0.944 bits per heavy atom. The Hall–Kier alpha value is -7.80. The van der Waals surface area contributed by atoms with Gasteiger partial charge in [0.15, 0.2) is 0 Å². The van der Waals surface area contributed by atoms with Crippen LogP contribution in [0.4, 0.5) is 5.69 Å². The van der Waals surface area contributed by atoms with E-state index in [0.29, 0.717) is 28.2 Å². The lowest BCUT2D eigenvalue weighted by Gasteiger charge is -2.16. The third-order valence-electron chi connectivity index (χ3n) is 11.0. The Morgan fingerprint density at radius 1 is 0.407 bits per heavy atom. The first-order valence-electron chi connectivity index (χ1n) is 17.9. The molecule has 11 rings (SSSR count). The fourth-order valence-electron chi connectivity index (χ4n) is 8.79. The molecule has 0 fully saturated rings. The zero-order valence-electron chi connectivity index (χ0n) is 28.8. The fourth-order valence-corrected chi connectivity index (χ4v) is 8.79. The smallest absolute Gasteiger partial charge is 0.101 e. The van der Waals surface area contributed by atoms with E-state index in [9.17, 15) is 10.5 Å². The van der Waals surface area contributed by atoms with Crippen molar-refractivity contribution in [3.05, 3.63) is 169 Å². The maximum Gasteiger partial charge on any atom is 0.101 e. The molecule has 250 valence electrons. The van der Waals surface area contributed by atoms with E-state index in [1.807, 2.05) is 54.6 Å². The number of nitrogens with two attached hydrogens (primary N) is 1. The summed E-state index contributed by atoms with van der Waals surface area (Å²) in [6.45, 7) is 0. The number of nitrogens with zero attached hydrogens (tertiary/aromatic N) is 5. The van der Waals surface area contributed by atoms with Gasteiger partial charge in [0.25, 0.3) is 0 Å². The highest BCUT2D eigenvalue weighted by atomic mass is 15.1. The molecule has 0 atom stereocenters. The third kappa shape index (κ3) is 3.97. The maximum absolute atomic E-state index is 11.0. The van der Waals surface area contributed by atoms with E-state index in [4.69, 9.17) is 5.73 Å². The van der Waals surface area contributed by atoms with Crippen molar-refractivity contribution in [1.82, 2.24) is 13.7 Å². The average Bonchev–Trinajstić information content (AvgIpc) is 3.86. The first-order chi connectivity index (χ1) is 26.6.